The minimum absolute atomic E-state index is 0.0181. The van der Waals surface area contributed by atoms with Crippen molar-refractivity contribution in [1.82, 2.24) is 0 Å². The van der Waals surface area contributed by atoms with Gasteiger partial charge in [-0.25, -0.2) is 17.2 Å². The SMILES string of the molecule is CCCO[C@@H]1C[C@H]2[C@H](CC[C@@]3(S(=O)(=O)c4ccc(Cl)cc4)c4c(F)ccc(F)c4OC[C@@H]23)O1. The molecule has 33 heavy (non-hydrogen) atoms. The van der Waals surface area contributed by atoms with Gasteiger partial charge < -0.3 is 14.2 Å². The second kappa shape index (κ2) is 8.48. The molecule has 1 saturated heterocycles. The predicted octanol–water partition coefficient (Wildman–Crippen LogP) is 5.25. The molecule has 0 radical (unpaired) electrons. The van der Waals surface area contributed by atoms with E-state index in [0.29, 0.717) is 24.5 Å². The molecule has 5 nitrogen and oxygen atoms in total. The Balaban J connectivity index is 1.68. The van der Waals surface area contributed by atoms with Crippen molar-refractivity contribution >= 4 is 21.4 Å². The van der Waals surface area contributed by atoms with Crippen LogP contribution in [0.4, 0.5) is 8.78 Å². The minimum Gasteiger partial charge on any atom is -0.490 e. The van der Waals surface area contributed by atoms with E-state index in [4.69, 9.17) is 25.8 Å². The Morgan fingerprint density at radius 2 is 1.88 bits per heavy atom. The van der Waals surface area contributed by atoms with Crippen molar-refractivity contribution in [3.05, 3.63) is 58.6 Å². The van der Waals surface area contributed by atoms with Gasteiger partial charge in [-0.3, -0.25) is 0 Å². The van der Waals surface area contributed by atoms with Crippen LogP contribution in [0.25, 0.3) is 0 Å². The highest BCUT2D eigenvalue weighted by Gasteiger charge is 2.64. The van der Waals surface area contributed by atoms with Gasteiger partial charge in [-0.15, -0.1) is 0 Å². The normalized spacial score (nSPS) is 30.8. The van der Waals surface area contributed by atoms with Crippen LogP contribution < -0.4 is 4.74 Å². The topological polar surface area (TPSA) is 61.8 Å². The van der Waals surface area contributed by atoms with Crippen LogP contribution in [-0.4, -0.2) is 34.0 Å². The number of fused-ring (bicyclic) bond motifs is 5. The summed E-state index contributed by atoms with van der Waals surface area (Å²) in [4.78, 5) is 0.0181. The molecule has 3 aliphatic rings. The van der Waals surface area contributed by atoms with Crippen LogP contribution in [0, 0.1) is 23.5 Å². The molecule has 9 heteroatoms. The Morgan fingerprint density at radius 3 is 2.61 bits per heavy atom. The van der Waals surface area contributed by atoms with E-state index < -0.39 is 38.4 Å². The van der Waals surface area contributed by atoms with Gasteiger partial charge in [0.2, 0.25) is 0 Å². The number of halogens is 3. The molecule has 0 aromatic heterocycles. The van der Waals surface area contributed by atoms with Crippen molar-refractivity contribution in [1.29, 1.82) is 0 Å². The Hall–Kier alpha value is -1.74. The summed E-state index contributed by atoms with van der Waals surface area (Å²) in [5.41, 5.74) is -0.218. The molecule has 0 unspecified atom stereocenters. The standard InChI is InChI=1S/C24H25ClF2O5S/c1-2-11-30-21-12-16-17-13-31-23-19(27)8-7-18(26)22(23)24(17,10-9-20(16)32-21)33(28,29)15-5-3-14(25)4-6-15/h3-8,16-17,20-21H,2,9-13H2,1H3/t16-,17+,20+,21+,24+/m1/s1. The number of hydrogen-bond donors (Lipinski definition) is 0. The molecule has 5 rings (SSSR count). The van der Waals surface area contributed by atoms with Crippen molar-refractivity contribution in [2.45, 2.75) is 54.6 Å². The maximum absolute atomic E-state index is 15.4. The van der Waals surface area contributed by atoms with Crippen LogP contribution >= 0.6 is 11.6 Å². The first-order valence-corrected chi connectivity index (χ1v) is 13.0. The quantitative estimate of drug-likeness (QED) is 0.563. The average molecular weight is 499 g/mol. The second-order valence-corrected chi connectivity index (χ2v) is 11.6. The molecule has 2 fully saturated rings. The van der Waals surface area contributed by atoms with E-state index in [9.17, 15) is 12.8 Å². The summed E-state index contributed by atoms with van der Waals surface area (Å²) in [6, 6.07) is 7.75. The van der Waals surface area contributed by atoms with Gasteiger partial charge in [-0.05, 0) is 61.6 Å². The van der Waals surface area contributed by atoms with E-state index in [1.54, 1.807) is 0 Å². The van der Waals surface area contributed by atoms with Crippen LogP contribution in [0.3, 0.4) is 0 Å². The van der Waals surface area contributed by atoms with E-state index >= 15 is 4.39 Å². The minimum atomic E-state index is -4.17. The monoisotopic (exact) mass is 498 g/mol. The van der Waals surface area contributed by atoms with Crippen LogP contribution in [0.15, 0.2) is 41.3 Å². The third-order valence-electron chi connectivity index (χ3n) is 7.19. The predicted molar refractivity (Wildman–Crippen MR) is 118 cm³/mol. The molecular weight excluding hydrogens is 474 g/mol. The smallest absolute Gasteiger partial charge is 0.188 e. The lowest BCUT2D eigenvalue weighted by atomic mass is 9.66. The third kappa shape index (κ3) is 3.49. The Bertz CT molecular complexity index is 1160. The van der Waals surface area contributed by atoms with Crippen molar-refractivity contribution in [3.8, 4) is 5.75 Å². The average Bonchev–Trinajstić information content (AvgIpc) is 3.23. The molecule has 0 N–H and O–H groups in total. The summed E-state index contributed by atoms with van der Waals surface area (Å²) < 4.78 is 74.5. The zero-order valence-electron chi connectivity index (χ0n) is 18.1. The fourth-order valence-corrected chi connectivity index (χ4v) is 8.31. The van der Waals surface area contributed by atoms with Gasteiger partial charge in [-0.1, -0.05) is 18.5 Å². The lowest BCUT2D eigenvalue weighted by molar-refractivity contribution is -0.139. The van der Waals surface area contributed by atoms with Gasteiger partial charge in [0, 0.05) is 24.0 Å². The van der Waals surface area contributed by atoms with E-state index in [0.717, 1.165) is 18.6 Å². The molecule has 1 aliphatic carbocycles. The van der Waals surface area contributed by atoms with E-state index in [-0.39, 0.29) is 41.3 Å². The molecule has 178 valence electrons. The molecule has 5 atom stereocenters. The van der Waals surface area contributed by atoms with Gasteiger partial charge in [0.15, 0.2) is 27.7 Å². The van der Waals surface area contributed by atoms with Crippen LogP contribution in [0.1, 0.15) is 38.2 Å². The highest BCUT2D eigenvalue weighted by molar-refractivity contribution is 7.92. The molecule has 0 amide bonds. The van der Waals surface area contributed by atoms with Crippen molar-refractivity contribution in [2.75, 3.05) is 13.2 Å². The zero-order chi connectivity index (χ0) is 23.4. The van der Waals surface area contributed by atoms with Crippen molar-refractivity contribution in [2.24, 2.45) is 11.8 Å². The summed E-state index contributed by atoms with van der Waals surface area (Å²) in [6.07, 6.45) is 1.09. The number of benzene rings is 2. The molecule has 0 bridgehead atoms. The molecule has 2 aliphatic heterocycles. The van der Waals surface area contributed by atoms with E-state index in [2.05, 4.69) is 0 Å². The summed E-state index contributed by atoms with van der Waals surface area (Å²) in [5.74, 6) is -2.75. The highest BCUT2D eigenvalue weighted by Crippen LogP contribution is 2.60. The van der Waals surface area contributed by atoms with E-state index in [1.165, 1.54) is 24.3 Å². The second-order valence-electron chi connectivity index (χ2n) is 8.91. The summed E-state index contributed by atoms with van der Waals surface area (Å²) in [6.45, 7) is 2.47. The zero-order valence-corrected chi connectivity index (χ0v) is 19.7. The lowest BCUT2D eigenvalue weighted by Crippen LogP contribution is -2.56. The van der Waals surface area contributed by atoms with Gasteiger partial charge in [0.25, 0.3) is 0 Å². The van der Waals surface area contributed by atoms with Crippen LogP contribution in [-0.2, 0) is 24.1 Å². The maximum atomic E-state index is 15.4. The van der Waals surface area contributed by atoms with Gasteiger partial charge in [0.1, 0.15) is 10.6 Å². The van der Waals surface area contributed by atoms with Gasteiger partial charge in [0.05, 0.1) is 23.2 Å². The highest BCUT2D eigenvalue weighted by atomic mass is 35.5. The number of rotatable bonds is 5. The molecule has 1 saturated carbocycles. The Morgan fingerprint density at radius 1 is 1.15 bits per heavy atom. The summed E-state index contributed by atoms with van der Waals surface area (Å²) >= 11 is 5.99. The molecule has 0 spiro atoms. The first kappa shape index (κ1) is 23.0. The first-order chi connectivity index (χ1) is 15.8. The Kier molecular flexibility index (Phi) is 5.92. The summed E-state index contributed by atoms with van der Waals surface area (Å²) in [5, 5.41) is 0.386. The fraction of sp³-hybridized carbons (Fsp3) is 0.500. The number of ether oxygens (including phenoxy) is 3. The first-order valence-electron chi connectivity index (χ1n) is 11.2. The van der Waals surface area contributed by atoms with Gasteiger partial charge in [-0.2, -0.15) is 0 Å². The maximum Gasteiger partial charge on any atom is 0.188 e. The molecular formula is C24H25ClF2O5S. The number of sulfone groups is 1. The number of hydrogen-bond acceptors (Lipinski definition) is 5. The Labute approximate surface area is 196 Å². The fourth-order valence-electron chi connectivity index (χ4n) is 5.78. The largest absolute Gasteiger partial charge is 0.490 e. The lowest BCUT2D eigenvalue weighted by Gasteiger charge is -2.50. The van der Waals surface area contributed by atoms with Crippen molar-refractivity contribution in [3.63, 3.8) is 0 Å². The molecule has 2 heterocycles. The van der Waals surface area contributed by atoms with E-state index in [1.807, 2.05) is 6.92 Å². The molecule has 2 aromatic rings. The van der Waals surface area contributed by atoms with Crippen LogP contribution in [0.2, 0.25) is 5.02 Å². The molecule has 2 aromatic carbocycles. The summed E-state index contributed by atoms with van der Waals surface area (Å²) in [7, 11) is -4.17. The van der Waals surface area contributed by atoms with Crippen molar-refractivity contribution < 1.29 is 31.4 Å². The van der Waals surface area contributed by atoms with Crippen LogP contribution in [0.5, 0.6) is 5.75 Å². The van der Waals surface area contributed by atoms with Gasteiger partial charge >= 0.3 is 0 Å². The third-order valence-corrected chi connectivity index (χ3v) is 10.0.